The largest absolute Gasteiger partial charge is 0.425 e. The number of pyridine rings is 1. The third-order valence-electron chi connectivity index (χ3n) is 3.32. The van der Waals surface area contributed by atoms with Gasteiger partial charge in [0.25, 0.3) is 0 Å². The molecule has 0 aromatic carbocycles. The summed E-state index contributed by atoms with van der Waals surface area (Å²) in [6.07, 6.45) is 4.82. The number of hydrogen-bond donors (Lipinski definition) is 0. The SMILES string of the molecule is CC1(C)C(C=C(Cl)Cl)C1C(=O)Oc1cccnc1. The lowest BCUT2D eigenvalue weighted by molar-refractivity contribution is -0.136. The van der Waals surface area contributed by atoms with Crippen LogP contribution < -0.4 is 4.74 Å². The number of hydrogen-bond acceptors (Lipinski definition) is 3. The first-order valence-electron chi connectivity index (χ1n) is 5.57. The fourth-order valence-corrected chi connectivity index (χ4v) is 2.43. The summed E-state index contributed by atoms with van der Waals surface area (Å²) in [6, 6.07) is 3.41. The van der Waals surface area contributed by atoms with Gasteiger partial charge in [-0.15, -0.1) is 0 Å². The van der Waals surface area contributed by atoms with Gasteiger partial charge in [0.1, 0.15) is 10.2 Å². The molecule has 18 heavy (non-hydrogen) atoms. The van der Waals surface area contributed by atoms with E-state index in [0.29, 0.717) is 5.75 Å². The lowest BCUT2D eigenvalue weighted by atomic mass is 10.1. The van der Waals surface area contributed by atoms with Crippen molar-refractivity contribution in [1.82, 2.24) is 4.98 Å². The molecule has 2 atom stereocenters. The van der Waals surface area contributed by atoms with Gasteiger partial charge in [-0.25, -0.2) is 0 Å². The van der Waals surface area contributed by atoms with E-state index in [1.54, 1.807) is 24.4 Å². The molecular weight excluding hydrogens is 273 g/mol. The lowest BCUT2D eigenvalue weighted by Gasteiger charge is -2.04. The van der Waals surface area contributed by atoms with E-state index in [-0.39, 0.29) is 27.7 Å². The monoisotopic (exact) mass is 285 g/mol. The van der Waals surface area contributed by atoms with Gasteiger partial charge in [-0.2, -0.15) is 0 Å². The molecule has 1 saturated carbocycles. The van der Waals surface area contributed by atoms with Crippen molar-refractivity contribution in [3.05, 3.63) is 35.1 Å². The van der Waals surface area contributed by atoms with Gasteiger partial charge < -0.3 is 4.74 Å². The Morgan fingerprint density at radius 3 is 2.78 bits per heavy atom. The molecule has 1 aromatic heterocycles. The minimum atomic E-state index is -0.274. The molecule has 2 unspecified atom stereocenters. The van der Waals surface area contributed by atoms with Gasteiger partial charge in [-0.1, -0.05) is 37.0 Å². The van der Waals surface area contributed by atoms with Crippen LogP contribution in [0, 0.1) is 17.3 Å². The van der Waals surface area contributed by atoms with E-state index < -0.39 is 0 Å². The van der Waals surface area contributed by atoms with E-state index in [1.807, 2.05) is 13.8 Å². The zero-order valence-electron chi connectivity index (χ0n) is 10.1. The first-order chi connectivity index (χ1) is 8.43. The molecule has 0 amide bonds. The van der Waals surface area contributed by atoms with Crippen molar-refractivity contribution in [3.63, 3.8) is 0 Å². The first kappa shape index (κ1) is 13.4. The van der Waals surface area contributed by atoms with E-state index in [2.05, 4.69) is 4.98 Å². The Morgan fingerprint density at radius 1 is 1.50 bits per heavy atom. The van der Waals surface area contributed by atoms with Crippen LogP contribution >= 0.6 is 23.2 Å². The smallest absolute Gasteiger partial charge is 0.315 e. The van der Waals surface area contributed by atoms with Gasteiger partial charge in [-0.05, 0) is 29.5 Å². The molecule has 96 valence electrons. The number of carbonyl (C=O) groups is 1. The molecule has 1 aliphatic carbocycles. The van der Waals surface area contributed by atoms with E-state index in [1.165, 1.54) is 6.20 Å². The van der Waals surface area contributed by atoms with Crippen molar-refractivity contribution in [2.45, 2.75) is 13.8 Å². The summed E-state index contributed by atoms with van der Waals surface area (Å²) < 4.78 is 5.45. The molecule has 0 saturated heterocycles. The number of ether oxygens (including phenoxy) is 1. The molecule has 1 fully saturated rings. The van der Waals surface area contributed by atoms with E-state index >= 15 is 0 Å². The zero-order valence-corrected chi connectivity index (χ0v) is 11.6. The predicted molar refractivity (Wildman–Crippen MR) is 70.4 cm³/mol. The number of halogens is 2. The second kappa shape index (κ2) is 4.90. The number of carbonyl (C=O) groups excluding carboxylic acids is 1. The molecule has 3 nitrogen and oxygen atoms in total. The van der Waals surface area contributed by atoms with Gasteiger partial charge in [-0.3, -0.25) is 9.78 Å². The molecule has 0 aliphatic heterocycles. The average Bonchev–Trinajstić information content (AvgIpc) is 2.80. The fourth-order valence-electron chi connectivity index (χ4n) is 2.16. The Kier molecular flexibility index (Phi) is 3.64. The van der Waals surface area contributed by atoms with Crippen LogP contribution in [0.1, 0.15) is 13.8 Å². The second-order valence-electron chi connectivity index (χ2n) is 4.89. The molecule has 0 radical (unpaired) electrons. The predicted octanol–water partition coefficient (Wildman–Crippen LogP) is 3.58. The number of aromatic nitrogens is 1. The van der Waals surface area contributed by atoms with Crippen LogP contribution in [0.2, 0.25) is 0 Å². The summed E-state index contributed by atoms with van der Waals surface area (Å²) in [5, 5.41) is 0. The highest BCUT2D eigenvalue weighted by Gasteiger charge is 2.61. The van der Waals surface area contributed by atoms with Gasteiger partial charge in [0.2, 0.25) is 0 Å². The normalized spacial score (nSPS) is 24.2. The van der Waals surface area contributed by atoms with Crippen molar-refractivity contribution in [2.75, 3.05) is 0 Å². The number of allylic oxidation sites excluding steroid dienone is 1. The van der Waals surface area contributed by atoms with Gasteiger partial charge in [0.15, 0.2) is 0 Å². The Bertz CT molecular complexity index is 481. The van der Waals surface area contributed by atoms with Crippen molar-refractivity contribution in [2.24, 2.45) is 17.3 Å². The Morgan fingerprint density at radius 2 is 2.22 bits per heavy atom. The summed E-state index contributed by atoms with van der Waals surface area (Å²) in [6.45, 7) is 3.97. The molecular formula is C13H13Cl2NO2. The maximum Gasteiger partial charge on any atom is 0.315 e. The van der Waals surface area contributed by atoms with E-state index in [9.17, 15) is 4.79 Å². The average molecular weight is 286 g/mol. The molecule has 2 rings (SSSR count). The molecule has 0 spiro atoms. The molecule has 1 heterocycles. The van der Waals surface area contributed by atoms with Gasteiger partial charge >= 0.3 is 5.97 Å². The van der Waals surface area contributed by atoms with Crippen molar-refractivity contribution in [1.29, 1.82) is 0 Å². The van der Waals surface area contributed by atoms with Crippen LogP contribution in [0.15, 0.2) is 35.1 Å². The Balaban J connectivity index is 2.05. The maximum absolute atomic E-state index is 12.0. The Labute approximate surface area is 116 Å². The molecule has 0 N–H and O–H groups in total. The topological polar surface area (TPSA) is 39.2 Å². The molecule has 1 aromatic rings. The van der Waals surface area contributed by atoms with Crippen LogP contribution in [-0.4, -0.2) is 11.0 Å². The summed E-state index contributed by atoms with van der Waals surface area (Å²) >= 11 is 11.3. The standard InChI is InChI=1S/C13H13Cl2NO2/c1-13(2)9(6-10(14)15)11(13)12(17)18-8-4-3-5-16-7-8/h3-7,9,11H,1-2H3. The second-order valence-corrected chi connectivity index (χ2v) is 5.90. The van der Waals surface area contributed by atoms with Crippen molar-refractivity contribution >= 4 is 29.2 Å². The minimum absolute atomic E-state index is 0.0201. The number of rotatable bonds is 3. The van der Waals surface area contributed by atoms with E-state index in [4.69, 9.17) is 27.9 Å². The molecule has 5 heteroatoms. The first-order valence-corrected chi connectivity index (χ1v) is 6.33. The zero-order chi connectivity index (χ0) is 13.3. The third kappa shape index (κ3) is 2.68. The summed E-state index contributed by atoms with van der Waals surface area (Å²) in [5.74, 6) is -0.0226. The highest BCUT2D eigenvalue weighted by Crippen LogP contribution is 2.60. The van der Waals surface area contributed by atoms with E-state index in [0.717, 1.165) is 0 Å². The lowest BCUT2D eigenvalue weighted by Crippen LogP contribution is -2.13. The van der Waals surface area contributed by atoms with Crippen LogP contribution in [0.5, 0.6) is 5.75 Å². The maximum atomic E-state index is 12.0. The van der Waals surface area contributed by atoms with Crippen LogP contribution in [0.4, 0.5) is 0 Å². The summed E-state index contributed by atoms with van der Waals surface area (Å²) in [7, 11) is 0. The minimum Gasteiger partial charge on any atom is -0.425 e. The van der Waals surface area contributed by atoms with Crippen LogP contribution in [0.3, 0.4) is 0 Å². The molecule has 0 bridgehead atoms. The molecule has 1 aliphatic rings. The number of esters is 1. The third-order valence-corrected chi connectivity index (χ3v) is 3.57. The van der Waals surface area contributed by atoms with Gasteiger partial charge in [0, 0.05) is 6.20 Å². The van der Waals surface area contributed by atoms with Crippen LogP contribution in [-0.2, 0) is 4.79 Å². The number of nitrogens with zero attached hydrogens (tertiary/aromatic N) is 1. The highest BCUT2D eigenvalue weighted by molar-refractivity contribution is 6.55. The summed E-state index contributed by atoms with van der Waals surface area (Å²) in [5.41, 5.74) is -0.172. The summed E-state index contributed by atoms with van der Waals surface area (Å²) in [4.78, 5) is 15.9. The van der Waals surface area contributed by atoms with Crippen molar-refractivity contribution in [3.8, 4) is 5.75 Å². The quantitative estimate of drug-likeness (QED) is 0.797. The van der Waals surface area contributed by atoms with Crippen molar-refractivity contribution < 1.29 is 9.53 Å². The fraction of sp³-hybridized carbons (Fsp3) is 0.385. The van der Waals surface area contributed by atoms with Crippen LogP contribution in [0.25, 0.3) is 0 Å². The highest BCUT2D eigenvalue weighted by atomic mass is 35.5. The Hall–Kier alpha value is -1.06. The van der Waals surface area contributed by atoms with Gasteiger partial charge in [0.05, 0.1) is 12.1 Å².